The molecular weight excluding hydrogens is 473 g/mol. The molecule has 1 N–H and O–H groups in total. The molecule has 1 aromatic rings. The molecule has 0 aromatic heterocycles. The number of nitrogens with one attached hydrogen (secondary N) is 1. The Kier molecular flexibility index (Phi) is 9.67. The van der Waals surface area contributed by atoms with E-state index in [1.807, 2.05) is 0 Å². The first-order chi connectivity index (χ1) is 16.9. The van der Waals surface area contributed by atoms with Crippen LogP contribution in [0.4, 0.5) is 11.4 Å². The van der Waals surface area contributed by atoms with Gasteiger partial charge in [0.2, 0.25) is 0 Å². The van der Waals surface area contributed by atoms with Crippen LogP contribution in [-0.2, 0) is 4.74 Å². The molecule has 3 aliphatic rings. The molecule has 3 heterocycles. The molecule has 0 amide bonds. The SMILES string of the molecule is CC(C)(C)P(=NC(=S)Nc1ccc(N2CCOCC2)cc1)(N1CCCCCC1)N1CCCCCC1. The third kappa shape index (κ3) is 6.67. The first-order valence-corrected chi connectivity index (χ1v) is 15.8. The van der Waals surface area contributed by atoms with Crippen LogP contribution in [0.5, 0.6) is 0 Å². The van der Waals surface area contributed by atoms with E-state index >= 15 is 0 Å². The Hall–Kier alpha value is -0.980. The Balaban J connectivity index is 1.62. The third-order valence-electron chi connectivity index (χ3n) is 7.58. The number of benzene rings is 1. The molecule has 0 aliphatic carbocycles. The average Bonchev–Trinajstić information content (AvgIpc) is 3.29. The summed E-state index contributed by atoms with van der Waals surface area (Å²) in [6.45, 7) is 15.3. The molecule has 0 saturated carbocycles. The smallest absolute Gasteiger partial charge is 0.198 e. The van der Waals surface area contributed by atoms with Crippen LogP contribution in [0, 0.1) is 0 Å². The zero-order chi connectivity index (χ0) is 24.7. The number of rotatable bonds is 4. The maximum Gasteiger partial charge on any atom is 0.198 e. The highest BCUT2D eigenvalue weighted by atomic mass is 32.1. The predicted molar refractivity (Wildman–Crippen MR) is 155 cm³/mol. The summed E-state index contributed by atoms with van der Waals surface area (Å²) in [6, 6.07) is 8.65. The van der Waals surface area contributed by atoms with Crippen molar-refractivity contribution in [2.75, 3.05) is 62.7 Å². The van der Waals surface area contributed by atoms with Crippen LogP contribution in [0.25, 0.3) is 0 Å². The van der Waals surface area contributed by atoms with Crippen molar-refractivity contribution in [3.8, 4) is 0 Å². The Bertz CT molecular complexity index is 839. The first kappa shape index (κ1) is 27.1. The molecule has 8 heteroatoms. The summed E-state index contributed by atoms with van der Waals surface area (Å²) in [7, 11) is -2.05. The summed E-state index contributed by atoms with van der Waals surface area (Å²) < 4.78 is 16.6. The van der Waals surface area contributed by atoms with Crippen molar-refractivity contribution in [2.24, 2.45) is 4.74 Å². The standard InChI is InChI=1S/C27H46N5OPS/c1-27(2,3)34(31-16-8-4-5-9-17-31,32-18-10-6-7-11-19-32)29-26(35)28-24-12-14-25(15-13-24)30-20-22-33-23-21-30/h12-15H,4-11,16-23H2,1-3H3,(H,28,35). The largest absolute Gasteiger partial charge is 0.378 e. The number of ether oxygens (including phenoxy) is 1. The first-order valence-electron chi connectivity index (χ1n) is 13.8. The highest BCUT2D eigenvalue weighted by Gasteiger charge is 2.44. The van der Waals surface area contributed by atoms with E-state index < -0.39 is 7.36 Å². The Morgan fingerprint density at radius 3 is 1.74 bits per heavy atom. The van der Waals surface area contributed by atoms with E-state index in [4.69, 9.17) is 21.7 Å². The molecule has 6 nitrogen and oxygen atoms in total. The average molecular weight is 520 g/mol. The monoisotopic (exact) mass is 519 g/mol. The highest BCUT2D eigenvalue weighted by molar-refractivity contribution is 7.81. The van der Waals surface area contributed by atoms with E-state index in [2.05, 4.69) is 64.6 Å². The Morgan fingerprint density at radius 2 is 1.29 bits per heavy atom. The summed E-state index contributed by atoms with van der Waals surface area (Å²) in [5.41, 5.74) is 2.27. The predicted octanol–water partition coefficient (Wildman–Crippen LogP) is 6.80. The van der Waals surface area contributed by atoms with Gasteiger partial charge in [0.1, 0.15) is 7.36 Å². The second-order valence-electron chi connectivity index (χ2n) is 11.2. The Morgan fingerprint density at radius 1 is 0.800 bits per heavy atom. The number of nitrogens with zero attached hydrogens (tertiary/aromatic N) is 4. The normalized spacial score (nSPS) is 21.7. The van der Waals surface area contributed by atoms with Gasteiger partial charge in [0.25, 0.3) is 0 Å². The summed E-state index contributed by atoms with van der Waals surface area (Å²) in [6.07, 6.45) is 10.4. The van der Waals surface area contributed by atoms with E-state index in [9.17, 15) is 0 Å². The van der Waals surface area contributed by atoms with Gasteiger partial charge in [-0.2, -0.15) is 0 Å². The minimum Gasteiger partial charge on any atom is -0.378 e. The lowest BCUT2D eigenvalue weighted by molar-refractivity contribution is 0.122. The van der Waals surface area contributed by atoms with Crippen molar-refractivity contribution in [1.82, 2.24) is 9.34 Å². The number of anilines is 2. The van der Waals surface area contributed by atoms with Crippen LogP contribution in [0.3, 0.4) is 0 Å². The van der Waals surface area contributed by atoms with E-state index in [-0.39, 0.29) is 5.16 Å². The van der Waals surface area contributed by atoms with Crippen LogP contribution < -0.4 is 10.2 Å². The van der Waals surface area contributed by atoms with Crippen molar-refractivity contribution in [1.29, 1.82) is 0 Å². The quantitative estimate of drug-likeness (QED) is 0.349. The zero-order valence-corrected chi connectivity index (χ0v) is 23.9. The Labute approximate surface area is 218 Å². The van der Waals surface area contributed by atoms with Crippen LogP contribution in [0.15, 0.2) is 29.0 Å². The molecule has 1 aromatic carbocycles. The number of hydrogen-bond acceptors (Lipinski definition) is 3. The van der Waals surface area contributed by atoms with Crippen LogP contribution in [0.1, 0.15) is 72.1 Å². The fourth-order valence-electron chi connectivity index (χ4n) is 5.82. The lowest BCUT2D eigenvalue weighted by Gasteiger charge is -2.50. The van der Waals surface area contributed by atoms with Gasteiger partial charge >= 0.3 is 0 Å². The lowest BCUT2D eigenvalue weighted by atomic mass is 10.2. The number of hydrogen-bond donors (Lipinski definition) is 1. The van der Waals surface area contributed by atoms with Gasteiger partial charge in [-0.05, 0) is 62.2 Å². The van der Waals surface area contributed by atoms with Crippen LogP contribution in [-0.4, -0.2) is 72.1 Å². The van der Waals surface area contributed by atoms with Gasteiger partial charge < -0.3 is 15.0 Å². The zero-order valence-electron chi connectivity index (χ0n) is 22.2. The molecule has 3 aliphatic heterocycles. The van der Waals surface area contributed by atoms with Gasteiger partial charge in [-0.3, -0.25) is 9.34 Å². The van der Waals surface area contributed by atoms with Gasteiger partial charge in [0.05, 0.1) is 13.2 Å². The minimum absolute atomic E-state index is 0.0353. The van der Waals surface area contributed by atoms with Gasteiger partial charge in [0, 0.05) is 55.8 Å². The molecule has 196 valence electrons. The van der Waals surface area contributed by atoms with Crippen molar-refractivity contribution < 1.29 is 4.74 Å². The highest BCUT2D eigenvalue weighted by Crippen LogP contribution is 2.66. The third-order valence-corrected chi connectivity index (χ3v) is 12.6. The molecule has 0 atom stereocenters. The maximum absolute atomic E-state index is 5.99. The van der Waals surface area contributed by atoms with Gasteiger partial charge in [-0.1, -0.05) is 46.5 Å². The summed E-state index contributed by atoms with van der Waals surface area (Å²) in [4.78, 5) is 2.38. The fraction of sp³-hybridized carbons (Fsp3) is 0.741. The summed E-state index contributed by atoms with van der Waals surface area (Å²) >= 11 is 5.99. The van der Waals surface area contributed by atoms with Crippen molar-refractivity contribution >= 4 is 36.1 Å². The molecule has 4 rings (SSSR count). The molecule has 35 heavy (non-hydrogen) atoms. The van der Waals surface area contributed by atoms with Gasteiger partial charge in [0.15, 0.2) is 5.11 Å². The van der Waals surface area contributed by atoms with Crippen LogP contribution >= 0.6 is 19.6 Å². The van der Waals surface area contributed by atoms with E-state index in [0.29, 0.717) is 5.11 Å². The minimum atomic E-state index is -2.05. The molecule has 3 saturated heterocycles. The summed E-state index contributed by atoms with van der Waals surface area (Å²) in [5, 5.41) is 4.18. The second-order valence-corrected chi connectivity index (χ2v) is 15.3. The molecule has 3 fully saturated rings. The fourth-order valence-corrected chi connectivity index (χ4v) is 10.9. The van der Waals surface area contributed by atoms with Crippen molar-refractivity contribution in [3.63, 3.8) is 0 Å². The topological polar surface area (TPSA) is 43.3 Å². The van der Waals surface area contributed by atoms with E-state index in [1.165, 1.54) is 57.1 Å². The lowest BCUT2D eigenvalue weighted by Crippen LogP contribution is -2.42. The van der Waals surface area contributed by atoms with E-state index in [0.717, 1.165) is 58.2 Å². The molecule has 0 radical (unpaired) electrons. The number of thiocarbonyl (C=S) groups is 1. The second kappa shape index (κ2) is 12.5. The van der Waals surface area contributed by atoms with Crippen molar-refractivity contribution in [3.05, 3.63) is 24.3 Å². The molecule has 0 bridgehead atoms. The molecule has 0 spiro atoms. The number of morpholine rings is 1. The van der Waals surface area contributed by atoms with E-state index in [1.54, 1.807) is 0 Å². The van der Waals surface area contributed by atoms with Crippen molar-refractivity contribution in [2.45, 2.75) is 77.3 Å². The summed E-state index contributed by atoms with van der Waals surface area (Å²) in [5.74, 6) is 0. The van der Waals surface area contributed by atoms with Crippen LogP contribution in [0.2, 0.25) is 0 Å². The molecular formula is C27H46N5OPS. The molecule has 0 unspecified atom stereocenters. The van der Waals surface area contributed by atoms with Gasteiger partial charge in [-0.15, -0.1) is 0 Å². The maximum atomic E-state index is 5.99. The van der Waals surface area contributed by atoms with Gasteiger partial charge in [-0.25, -0.2) is 4.74 Å².